The van der Waals surface area contributed by atoms with Crippen LogP contribution in [-0.4, -0.2) is 47.0 Å². The van der Waals surface area contributed by atoms with Crippen molar-refractivity contribution in [3.8, 4) is 0 Å². The van der Waals surface area contributed by atoms with Crippen molar-refractivity contribution in [2.75, 3.05) is 24.7 Å². The Balaban J connectivity index is 1.56. The molecule has 2 aromatic carbocycles. The lowest BCUT2D eigenvalue weighted by Gasteiger charge is -2.12. The molecule has 33 heavy (non-hydrogen) atoms. The van der Waals surface area contributed by atoms with E-state index in [-0.39, 0.29) is 34.7 Å². The summed E-state index contributed by atoms with van der Waals surface area (Å²) >= 11 is 5.79. The topological polar surface area (TPSA) is 119 Å². The van der Waals surface area contributed by atoms with E-state index < -0.39 is 23.4 Å². The number of hydrogen-bond donors (Lipinski definition) is 4. The van der Waals surface area contributed by atoms with Crippen LogP contribution < -0.4 is 16.0 Å². The zero-order chi connectivity index (χ0) is 24.1. The Morgan fingerprint density at radius 1 is 1.00 bits per heavy atom. The lowest BCUT2D eigenvalue weighted by molar-refractivity contribution is 0.0945. The van der Waals surface area contributed by atoms with E-state index in [0.717, 1.165) is 5.56 Å². The van der Waals surface area contributed by atoms with E-state index in [0.29, 0.717) is 17.8 Å². The van der Waals surface area contributed by atoms with Gasteiger partial charge in [0, 0.05) is 32.4 Å². The van der Waals surface area contributed by atoms with Crippen LogP contribution in [-0.2, 0) is 6.54 Å². The first kappa shape index (κ1) is 23.7. The molecule has 9 nitrogen and oxygen atoms in total. The van der Waals surface area contributed by atoms with Crippen LogP contribution in [0.15, 0.2) is 42.5 Å². The Kier molecular flexibility index (Phi) is 7.23. The fraction of sp³-hybridized carbons (Fsp3) is 0.143. The summed E-state index contributed by atoms with van der Waals surface area (Å²) in [6.07, 6.45) is 0. The molecule has 0 bridgehead atoms. The van der Waals surface area contributed by atoms with Crippen LogP contribution in [0.25, 0.3) is 0 Å². The molecule has 12 heteroatoms. The van der Waals surface area contributed by atoms with Gasteiger partial charge >= 0.3 is 6.03 Å². The molecular weight excluding hydrogens is 458 g/mol. The molecule has 0 aliphatic heterocycles. The fourth-order valence-corrected chi connectivity index (χ4v) is 2.84. The highest BCUT2D eigenvalue weighted by Gasteiger charge is 2.17. The number of aromatic amines is 1. The number of rotatable bonds is 6. The van der Waals surface area contributed by atoms with Gasteiger partial charge in [-0.05, 0) is 29.8 Å². The van der Waals surface area contributed by atoms with Crippen molar-refractivity contribution >= 4 is 41.0 Å². The lowest BCUT2D eigenvalue weighted by Crippen LogP contribution is -2.27. The van der Waals surface area contributed by atoms with Crippen molar-refractivity contribution in [1.29, 1.82) is 0 Å². The van der Waals surface area contributed by atoms with Gasteiger partial charge in [-0.2, -0.15) is 5.10 Å². The van der Waals surface area contributed by atoms with Gasteiger partial charge in [0.2, 0.25) is 0 Å². The molecule has 0 spiro atoms. The Hall–Kier alpha value is -3.99. The average molecular weight is 477 g/mol. The fourth-order valence-electron chi connectivity index (χ4n) is 2.60. The van der Waals surface area contributed by atoms with Crippen molar-refractivity contribution in [1.82, 2.24) is 20.4 Å². The molecule has 0 radical (unpaired) electrons. The number of hydrogen-bond acceptors (Lipinski definition) is 4. The van der Waals surface area contributed by atoms with Crippen LogP contribution in [0.5, 0.6) is 0 Å². The molecular formula is C21H19ClF2N6O3. The number of urea groups is 1. The van der Waals surface area contributed by atoms with Gasteiger partial charge < -0.3 is 20.9 Å². The Labute approximate surface area is 192 Å². The predicted octanol–water partition coefficient (Wildman–Crippen LogP) is 3.62. The van der Waals surface area contributed by atoms with E-state index in [2.05, 4.69) is 26.1 Å². The van der Waals surface area contributed by atoms with Crippen molar-refractivity contribution in [2.24, 2.45) is 0 Å². The number of amides is 4. The lowest BCUT2D eigenvalue weighted by atomic mass is 10.2. The van der Waals surface area contributed by atoms with Gasteiger partial charge in [-0.3, -0.25) is 14.7 Å². The standard InChI is InChI=1S/C21H19ClF2N6O3/c1-30(2)21(33)26-12-5-3-11(4-6-12)10-25-20(32)17-9-18(29-28-17)27-19(31)13-7-15(23)16(24)8-14(13)22/h3-9H,10H2,1-2H3,(H,25,32)(H,26,33)(H2,27,28,29,31). The van der Waals surface area contributed by atoms with Gasteiger partial charge in [-0.15, -0.1) is 0 Å². The summed E-state index contributed by atoms with van der Waals surface area (Å²) in [4.78, 5) is 37.6. The van der Waals surface area contributed by atoms with Crippen LogP contribution in [0.2, 0.25) is 5.02 Å². The molecule has 3 aromatic rings. The van der Waals surface area contributed by atoms with Gasteiger partial charge in [0.05, 0.1) is 10.6 Å². The zero-order valence-corrected chi connectivity index (χ0v) is 18.3. The molecule has 0 aliphatic carbocycles. The monoisotopic (exact) mass is 476 g/mol. The molecule has 4 amide bonds. The van der Waals surface area contributed by atoms with Gasteiger partial charge in [0.15, 0.2) is 17.3 Å². The molecule has 1 aromatic heterocycles. The van der Waals surface area contributed by atoms with Crippen LogP contribution in [0, 0.1) is 11.6 Å². The highest BCUT2D eigenvalue weighted by atomic mass is 35.5. The minimum atomic E-state index is -1.22. The van der Waals surface area contributed by atoms with E-state index in [4.69, 9.17) is 11.6 Å². The molecule has 0 atom stereocenters. The number of anilines is 2. The molecule has 172 valence electrons. The summed E-state index contributed by atoms with van der Waals surface area (Å²) in [7, 11) is 3.26. The second kappa shape index (κ2) is 10.1. The summed E-state index contributed by atoms with van der Waals surface area (Å²) in [5, 5.41) is 13.8. The van der Waals surface area contributed by atoms with Crippen LogP contribution in [0.4, 0.5) is 25.1 Å². The van der Waals surface area contributed by atoms with E-state index in [9.17, 15) is 23.2 Å². The maximum atomic E-state index is 13.4. The maximum Gasteiger partial charge on any atom is 0.321 e. The first-order valence-corrected chi connectivity index (χ1v) is 9.88. The molecule has 0 saturated carbocycles. The smallest absolute Gasteiger partial charge is 0.321 e. The van der Waals surface area contributed by atoms with Crippen molar-refractivity contribution in [2.45, 2.75) is 6.54 Å². The zero-order valence-electron chi connectivity index (χ0n) is 17.5. The van der Waals surface area contributed by atoms with Gasteiger partial charge in [0.1, 0.15) is 5.82 Å². The molecule has 0 aliphatic rings. The largest absolute Gasteiger partial charge is 0.347 e. The highest BCUT2D eigenvalue weighted by molar-refractivity contribution is 6.34. The van der Waals surface area contributed by atoms with Gasteiger partial charge in [-0.1, -0.05) is 23.7 Å². The van der Waals surface area contributed by atoms with Crippen LogP contribution >= 0.6 is 11.6 Å². The number of H-pyrrole nitrogens is 1. The Bertz CT molecular complexity index is 1200. The summed E-state index contributed by atoms with van der Waals surface area (Å²) in [5.74, 6) is -3.65. The minimum Gasteiger partial charge on any atom is -0.347 e. The van der Waals surface area contributed by atoms with E-state index in [1.54, 1.807) is 38.4 Å². The number of carbonyl (C=O) groups is 3. The Morgan fingerprint density at radius 3 is 2.33 bits per heavy atom. The second-order valence-corrected chi connectivity index (χ2v) is 7.48. The van der Waals surface area contributed by atoms with Crippen LogP contribution in [0.3, 0.4) is 0 Å². The van der Waals surface area contributed by atoms with Crippen molar-refractivity contribution in [3.63, 3.8) is 0 Å². The first-order chi connectivity index (χ1) is 15.6. The Morgan fingerprint density at radius 2 is 1.67 bits per heavy atom. The average Bonchev–Trinajstić information content (AvgIpc) is 3.24. The highest BCUT2D eigenvalue weighted by Crippen LogP contribution is 2.21. The van der Waals surface area contributed by atoms with Gasteiger partial charge in [-0.25, -0.2) is 13.6 Å². The summed E-state index contributed by atoms with van der Waals surface area (Å²) < 4.78 is 26.6. The molecule has 0 saturated heterocycles. The summed E-state index contributed by atoms with van der Waals surface area (Å²) in [5.41, 5.74) is 1.11. The third kappa shape index (κ3) is 6.04. The van der Waals surface area contributed by atoms with E-state index in [1.807, 2.05) is 0 Å². The third-order valence-corrected chi connectivity index (χ3v) is 4.69. The number of aromatic nitrogens is 2. The van der Waals surface area contributed by atoms with E-state index >= 15 is 0 Å². The maximum absolute atomic E-state index is 13.4. The number of nitrogens with one attached hydrogen (secondary N) is 4. The SMILES string of the molecule is CN(C)C(=O)Nc1ccc(CNC(=O)c2cc(NC(=O)c3cc(F)c(F)cc3Cl)[nH]n2)cc1. The molecule has 4 N–H and O–H groups in total. The molecule has 0 fully saturated rings. The molecule has 0 unspecified atom stereocenters. The summed E-state index contributed by atoms with van der Waals surface area (Å²) in [6.45, 7) is 0.194. The predicted molar refractivity (Wildman–Crippen MR) is 118 cm³/mol. The molecule has 3 rings (SSSR count). The number of benzene rings is 2. The quantitative estimate of drug-likeness (QED) is 0.406. The summed E-state index contributed by atoms with van der Waals surface area (Å²) in [6, 6.07) is 9.28. The number of halogens is 3. The number of nitrogens with zero attached hydrogens (tertiary/aromatic N) is 2. The second-order valence-electron chi connectivity index (χ2n) is 7.07. The minimum absolute atomic E-state index is 0.00319. The van der Waals surface area contributed by atoms with Crippen LogP contribution in [0.1, 0.15) is 26.4 Å². The van der Waals surface area contributed by atoms with Crippen molar-refractivity contribution in [3.05, 3.63) is 75.9 Å². The van der Waals surface area contributed by atoms with Crippen molar-refractivity contribution < 1.29 is 23.2 Å². The third-order valence-electron chi connectivity index (χ3n) is 4.38. The van der Waals surface area contributed by atoms with Gasteiger partial charge in [0.25, 0.3) is 11.8 Å². The normalized spacial score (nSPS) is 10.5. The molecule has 1 heterocycles. The number of carbonyl (C=O) groups excluding carboxylic acids is 3. The van der Waals surface area contributed by atoms with E-state index in [1.165, 1.54) is 11.0 Å². The first-order valence-electron chi connectivity index (χ1n) is 9.51.